The normalized spacial score (nSPS) is 15.4. The quantitative estimate of drug-likeness (QED) is 0.325. The summed E-state index contributed by atoms with van der Waals surface area (Å²) in [5.74, 6) is 0. The Hall–Kier alpha value is -3.00. The Labute approximate surface area is 211 Å². The van der Waals surface area contributed by atoms with Gasteiger partial charge in [-0.1, -0.05) is 66.6 Å². The first-order chi connectivity index (χ1) is 17.0. The minimum atomic E-state index is -3.45. The number of aryl methyl sites for hydroxylation is 1. The second kappa shape index (κ2) is 10.3. The van der Waals surface area contributed by atoms with Crippen molar-refractivity contribution in [2.45, 2.75) is 37.6 Å². The lowest BCUT2D eigenvalue weighted by Crippen LogP contribution is -2.35. The molecule has 0 atom stereocenters. The maximum atomic E-state index is 13.1. The molecule has 0 bridgehead atoms. The van der Waals surface area contributed by atoms with Crippen molar-refractivity contribution in [3.63, 3.8) is 0 Å². The van der Waals surface area contributed by atoms with E-state index in [0.717, 1.165) is 41.0 Å². The molecular weight excluding hydrogens is 474 g/mol. The van der Waals surface area contributed by atoms with Crippen LogP contribution in [-0.2, 0) is 16.6 Å². The molecule has 1 aliphatic heterocycles. The van der Waals surface area contributed by atoms with Crippen LogP contribution in [0.1, 0.15) is 30.4 Å². The fourth-order valence-corrected chi connectivity index (χ4v) is 6.79. The number of rotatable bonds is 6. The van der Waals surface area contributed by atoms with Crippen LogP contribution >= 0.6 is 11.3 Å². The summed E-state index contributed by atoms with van der Waals surface area (Å²) in [4.78, 5) is 6.16. The molecule has 2 heterocycles. The molecule has 1 saturated heterocycles. The van der Waals surface area contributed by atoms with Gasteiger partial charge in [-0.2, -0.15) is 4.31 Å². The number of thiazole rings is 1. The molecule has 0 radical (unpaired) electrons. The van der Waals surface area contributed by atoms with Crippen LogP contribution in [0.25, 0.3) is 11.3 Å². The third-order valence-corrected chi connectivity index (χ3v) is 9.12. The summed E-state index contributed by atoms with van der Waals surface area (Å²) < 4.78 is 30.0. The topological polar surface area (TPSA) is 54.7 Å². The fraction of sp³-hybridized carbons (Fsp3) is 0.250. The number of piperidine rings is 1. The van der Waals surface area contributed by atoms with Gasteiger partial charge in [0, 0.05) is 18.5 Å². The van der Waals surface area contributed by atoms with Crippen LogP contribution in [0.3, 0.4) is 0 Å². The van der Waals surface area contributed by atoms with Crippen LogP contribution in [0.2, 0.25) is 0 Å². The number of nitrogens with zero attached hydrogens (tertiary/aromatic N) is 3. The molecule has 1 fully saturated rings. The van der Waals surface area contributed by atoms with E-state index >= 15 is 0 Å². The molecule has 0 amide bonds. The van der Waals surface area contributed by atoms with Gasteiger partial charge in [0.1, 0.15) is 0 Å². The maximum Gasteiger partial charge on any atom is 0.243 e. The SMILES string of the molecule is Cc1ccc(Cn2c(-c3ccc(S(=O)(=O)N4CCCCC4)cc3)csc2=Nc2ccccc2)cc1. The number of sulfonamides is 1. The Morgan fingerprint density at radius 3 is 2.23 bits per heavy atom. The minimum Gasteiger partial charge on any atom is -0.312 e. The zero-order chi connectivity index (χ0) is 24.3. The van der Waals surface area contributed by atoms with Crippen LogP contribution < -0.4 is 4.80 Å². The molecule has 0 unspecified atom stereocenters. The Balaban J connectivity index is 1.52. The van der Waals surface area contributed by atoms with E-state index in [1.807, 2.05) is 42.5 Å². The molecular formula is C28H29N3O2S2. The highest BCUT2D eigenvalue weighted by atomic mass is 32.2. The smallest absolute Gasteiger partial charge is 0.243 e. The van der Waals surface area contributed by atoms with Gasteiger partial charge in [0.25, 0.3) is 0 Å². The highest BCUT2D eigenvalue weighted by Gasteiger charge is 2.25. The van der Waals surface area contributed by atoms with Gasteiger partial charge in [0.15, 0.2) is 4.80 Å². The van der Waals surface area contributed by atoms with Gasteiger partial charge in [0.2, 0.25) is 10.0 Å². The number of aromatic nitrogens is 1. The van der Waals surface area contributed by atoms with Gasteiger partial charge in [0.05, 0.1) is 22.8 Å². The molecule has 1 aliphatic rings. The number of hydrogen-bond acceptors (Lipinski definition) is 4. The van der Waals surface area contributed by atoms with Gasteiger partial charge in [-0.05, 0) is 55.2 Å². The maximum absolute atomic E-state index is 13.1. The summed E-state index contributed by atoms with van der Waals surface area (Å²) in [5.41, 5.74) is 5.31. The van der Waals surface area contributed by atoms with E-state index in [9.17, 15) is 8.42 Å². The molecule has 0 N–H and O–H groups in total. The monoisotopic (exact) mass is 503 g/mol. The fourth-order valence-electron chi connectivity index (χ4n) is 4.34. The third-order valence-electron chi connectivity index (χ3n) is 6.34. The largest absolute Gasteiger partial charge is 0.312 e. The molecule has 35 heavy (non-hydrogen) atoms. The van der Waals surface area contributed by atoms with E-state index in [0.29, 0.717) is 24.5 Å². The Bertz CT molecular complexity index is 1450. The van der Waals surface area contributed by atoms with Crippen LogP contribution in [0.4, 0.5) is 5.69 Å². The molecule has 5 rings (SSSR count). The van der Waals surface area contributed by atoms with Gasteiger partial charge < -0.3 is 4.57 Å². The van der Waals surface area contributed by atoms with E-state index < -0.39 is 10.0 Å². The van der Waals surface area contributed by atoms with Crippen molar-refractivity contribution in [3.05, 3.63) is 100 Å². The summed E-state index contributed by atoms with van der Waals surface area (Å²) in [6, 6.07) is 25.8. The van der Waals surface area contributed by atoms with Crippen molar-refractivity contribution in [1.82, 2.24) is 8.87 Å². The first-order valence-corrected chi connectivity index (χ1v) is 14.3. The summed E-state index contributed by atoms with van der Waals surface area (Å²) in [6.07, 6.45) is 2.96. The standard InChI is InChI=1S/C28H29N3O2S2/c1-22-10-12-23(13-11-22)20-31-27(21-34-28(31)29-25-8-4-2-5-9-25)24-14-16-26(17-15-24)35(32,33)30-18-6-3-7-19-30/h2,4-5,8-17,21H,3,6-7,18-20H2,1H3. The van der Waals surface area contributed by atoms with Gasteiger partial charge >= 0.3 is 0 Å². The highest BCUT2D eigenvalue weighted by molar-refractivity contribution is 7.89. The average molecular weight is 504 g/mol. The number of hydrogen-bond donors (Lipinski definition) is 0. The van der Waals surface area contributed by atoms with Crippen molar-refractivity contribution < 1.29 is 8.42 Å². The second-order valence-electron chi connectivity index (χ2n) is 8.91. The van der Waals surface area contributed by atoms with Crippen LogP contribution in [0.15, 0.2) is 94.1 Å². The first kappa shape index (κ1) is 23.7. The predicted molar refractivity (Wildman–Crippen MR) is 142 cm³/mol. The van der Waals surface area contributed by atoms with Crippen LogP contribution in [0, 0.1) is 6.92 Å². The van der Waals surface area contributed by atoms with Crippen molar-refractivity contribution >= 4 is 27.0 Å². The third kappa shape index (κ3) is 5.32. The molecule has 0 spiro atoms. The molecule has 1 aromatic heterocycles. The Kier molecular flexibility index (Phi) is 7.00. The Morgan fingerprint density at radius 1 is 0.857 bits per heavy atom. The van der Waals surface area contributed by atoms with Crippen molar-refractivity contribution in [1.29, 1.82) is 0 Å². The minimum absolute atomic E-state index is 0.359. The van der Waals surface area contributed by atoms with E-state index in [-0.39, 0.29) is 0 Å². The molecule has 0 saturated carbocycles. The average Bonchev–Trinajstić information content (AvgIpc) is 3.28. The lowest BCUT2D eigenvalue weighted by molar-refractivity contribution is 0.346. The number of para-hydroxylation sites is 1. The molecule has 4 aromatic rings. The molecule has 180 valence electrons. The zero-order valence-corrected chi connectivity index (χ0v) is 21.4. The van der Waals surface area contributed by atoms with Gasteiger partial charge in [-0.25, -0.2) is 13.4 Å². The van der Waals surface area contributed by atoms with Crippen molar-refractivity contribution in [3.8, 4) is 11.3 Å². The first-order valence-electron chi connectivity index (χ1n) is 11.9. The van der Waals surface area contributed by atoms with Crippen molar-refractivity contribution in [2.75, 3.05) is 13.1 Å². The lowest BCUT2D eigenvalue weighted by Gasteiger charge is -2.25. The lowest BCUT2D eigenvalue weighted by atomic mass is 10.1. The van der Waals surface area contributed by atoms with Gasteiger partial charge in [-0.3, -0.25) is 0 Å². The summed E-state index contributed by atoms with van der Waals surface area (Å²) in [6.45, 7) is 3.98. The predicted octanol–water partition coefficient (Wildman–Crippen LogP) is 5.98. The van der Waals surface area contributed by atoms with Crippen LogP contribution in [-0.4, -0.2) is 30.4 Å². The van der Waals surface area contributed by atoms with E-state index in [1.54, 1.807) is 27.8 Å². The molecule has 7 heteroatoms. The molecule has 3 aromatic carbocycles. The summed E-state index contributed by atoms with van der Waals surface area (Å²) in [7, 11) is -3.45. The summed E-state index contributed by atoms with van der Waals surface area (Å²) in [5, 5.41) is 2.10. The zero-order valence-electron chi connectivity index (χ0n) is 19.8. The highest BCUT2D eigenvalue weighted by Crippen LogP contribution is 2.26. The summed E-state index contributed by atoms with van der Waals surface area (Å²) >= 11 is 1.59. The van der Waals surface area contributed by atoms with E-state index in [2.05, 4.69) is 41.1 Å². The van der Waals surface area contributed by atoms with E-state index in [4.69, 9.17) is 4.99 Å². The van der Waals surface area contributed by atoms with E-state index in [1.165, 1.54) is 11.1 Å². The Morgan fingerprint density at radius 2 is 1.54 bits per heavy atom. The molecule has 5 nitrogen and oxygen atoms in total. The number of benzene rings is 3. The van der Waals surface area contributed by atoms with Crippen LogP contribution in [0.5, 0.6) is 0 Å². The van der Waals surface area contributed by atoms with Gasteiger partial charge in [-0.15, -0.1) is 11.3 Å². The second-order valence-corrected chi connectivity index (χ2v) is 11.7. The molecule has 0 aliphatic carbocycles. The van der Waals surface area contributed by atoms with Crippen molar-refractivity contribution in [2.24, 2.45) is 4.99 Å².